The molecule has 0 atom stereocenters. The minimum absolute atomic E-state index is 0.257. The van der Waals surface area contributed by atoms with Gasteiger partial charge in [0, 0.05) is 32.6 Å². The minimum atomic E-state index is 0.257. The molecule has 138 valence electrons. The SMILES string of the molecule is C=C(C)COc1cc(CNCCC(=O)N2CCCCC2)ccc1OC. The summed E-state index contributed by atoms with van der Waals surface area (Å²) in [6, 6.07) is 5.89. The van der Waals surface area contributed by atoms with Gasteiger partial charge in [-0.25, -0.2) is 0 Å². The molecular weight excluding hydrogens is 316 g/mol. The molecule has 0 radical (unpaired) electrons. The molecule has 0 spiro atoms. The van der Waals surface area contributed by atoms with E-state index in [4.69, 9.17) is 9.47 Å². The zero-order valence-electron chi connectivity index (χ0n) is 15.5. The highest BCUT2D eigenvalue weighted by molar-refractivity contribution is 5.76. The fourth-order valence-corrected chi connectivity index (χ4v) is 2.87. The summed E-state index contributed by atoms with van der Waals surface area (Å²) in [5, 5.41) is 3.34. The Hall–Kier alpha value is -2.01. The number of amides is 1. The van der Waals surface area contributed by atoms with Crippen LogP contribution in [0.4, 0.5) is 0 Å². The van der Waals surface area contributed by atoms with Gasteiger partial charge in [0.25, 0.3) is 0 Å². The Kier molecular flexibility index (Phi) is 7.79. The minimum Gasteiger partial charge on any atom is -0.493 e. The summed E-state index contributed by atoms with van der Waals surface area (Å²) in [5.41, 5.74) is 2.06. The summed E-state index contributed by atoms with van der Waals surface area (Å²) in [7, 11) is 1.63. The van der Waals surface area contributed by atoms with Crippen LogP contribution < -0.4 is 14.8 Å². The van der Waals surface area contributed by atoms with E-state index in [2.05, 4.69) is 11.9 Å². The Morgan fingerprint density at radius 1 is 1.24 bits per heavy atom. The molecule has 1 fully saturated rings. The van der Waals surface area contributed by atoms with Gasteiger partial charge < -0.3 is 19.7 Å². The van der Waals surface area contributed by atoms with Crippen molar-refractivity contribution in [3.8, 4) is 11.5 Å². The lowest BCUT2D eigenvalue weighted by atomic mass is 10.1. The van der Waals surface area contributed by atoms with Crippen LogP contribution in [0.5, 0.6) is 11.5 Å². The molecule has 1 aliphatic rings. The van der Waals surface area contributed by atoms with Gasteiger partial charge in [-0.1, -0.05) is 12.6 Å². The fraction of sp³-hybridized carbons (Fsp3) is 0.550. The van der Waals surface area contributed by atoms with Crippen LogP contribution >= 0.6 is 0 Å². The number of nitrogens with zero attached hydrogens (tertiary/aromatic N) is 1. The fourth-order valence-electron chi connectivity index (χ4n) is 2.87. The molecule has 1 amide bonds. The number of benzene rings is 1. The smallest absolute Gasteiger partial charge is 0.223 e. The second-order valence-corrected chi connectivity index (χ2v) is 6.60. The number of rotatable bonds is 9. The van der Waals surface area contributed by atoms with Crippen molar-refractivity contribution in [1.29, 1.82) is 0 Å². The number of piperidine rings is 1. The maximum Gasteiger partial charge on any atom is 0.223 e. The van der Waals surface area contributed by atoms with E-state index in [9.17, 15) is 4.79 Å². The summed E-state index contributed by atoms with van der Waals surface area (Å²) in [4.78, 5) is 14.1. The van der Waals surface area contributed by atoms with Gasteiger partial charge in [0.2, 0.25) is 5.91 Å². The Bertz CT molecular complexity index is 580. The molecule has 2 rings (SSSR count). The number of hydrogen-bond acceptors (Lipinski definition) is 4. The molecular formula is C20H30N2O3. The number of carbonyl (C=O) groups is 1. The van der Waals surface area contributed by atoms with E-state index in [-0.39, 0.29) is 5.91 Å². The van der Waals surface area contributed by atoms with Crippen molar-refractivity contribution in [2.75, 3.05) is 33.4 Å². The van der Waals surface area contributed by atoms with Crippen molar-refractivity contribution in [2.45, 2.75) is 39.2 Å². The van der Waals surface area contributed by atoms with Crippen molar-refractivity contribution in [3.63, 3.8) is 0 Å². The molecule has 1 aromatic carbocycles. The zero-order valence-corrected chi connectivity index (χ0v) is 15.5. The molecule has 5 nitrogen and oxygen atoms in total. The van der Waals surface area contributed by atoms with Crippen LogP contribution in [0, 0.1) is 0 Å². The number of nitrogens with one attached hydrogen (secondary N) is 1. The summed E-state index contributed by atoms with van der Waals surface area (Å²) in [5.74, 6) is 1.69. The predicted octanol–water partition coefficient (Wildman–Crippen LogP) is 3.14. The third kappa shape index (κ3) is 6.42. The highest BCUT2D eigenvalue weighted by Crippen LogP contribution is 2.28. The zero-order chi connectivity index (χ0) is 18.1. The first-order valence-electron chi connectivity index (χ1n) is 9.02. The summed E-state index contributed by atoms with van der Waals surface area (Å²) >= 11 is 0. The summed E-state index contributed by atoms with van der Waals surface area (Å²) in [6.07, 6.45) is 4.07. The van der Waals surface area contributed by atoms with E-state index >= 15 is 0 Å². The Labute approximate surface area is 151 Å². The maximum absolute atomic E-state index is 12.1. The number of carbonyl (C=O) groups excluding carboxylic acids is 1. The van der Waals surface area contributed by atoms with Crippen molar-refractivity contribution in [2.24, 2.45) is 0 Å². The van der Waals surface area contributed by atoms with Gasteiger partial charge in [0.15, 0.2) is 11.5 Å². The van der Waals surface area contributed by atoms with Crippen molar-refractivity contribution < 1.29 is 14.3 Å². The van der Waals surface area contributed by atoms with Crippen LogP contribution in [0.2, 0.25) is 0 Å². The van der Waals surface area contributed by atoms with Gasteiger partial charge in [-0.2, -0.15) is 0 Å². The highest BCUT2D eigenvalue weighted by Gasteiger charge is 2.15. The van der Waals surface area contributed by atoms with Crippen LogP contribution in [0.1, 0.15) is 38.2 Å². The number of ether oxygens (including phenoxy) is 2. The molecule has 25 heavy (non-hydrogen) atoms. The third-order valence-corrected chi connectivity index (χ3v) is 4.26. The maximum atomic E-state index is 12.1. The highest BCUT2D eigenvalue weighted by atomic mass is 16.5. The van der Waals surface area contributed by atoms with E-state index in [0.29, 0.717) is 37.6 Å². The van der Waals surface area contributed by atoms with E-state index in [1.54, 1.807) is 7.11 Å². The Balaban J connectivity index is 1.78. The molecule has 1 aliphatic heterocycles. The molecule has 0 aliphatic carbocycles. The monoisotopic (exact) mass is 346 g/mol. The first-order valence-corrected chi connectivity index (χ1v) is 9.02. The van der Waals surface area contributed by atoms with E-state index < -0.39 is 0 Å². The van der Waals surface area contributed by atoms with E-state index in [1.165, 1.54) is 6.42 Å². The van der Waals surface area contributed by atoms with Gasteiger partial charge in [0.1, 0.15) is 6.61 Å². The van der Waals surface area contributed by atoms with Crippen LogP contribution in [0.15, 0.2) is 30.4 Å². The van der Waals surface area contributed by atoms with Crippen LogP contribution in [-0.4, -0.2) is 44.2 Å². The molecule has 0 bridgehead atoms. The third-order valence-electron chi connectivity index (χ3n) is 4.26. The van der Waals surface area contributed by atoms with Crippen LogP contribution in [-0.2, 0) is 11.3 Å². The molecule has 0 aromatic heterocycles. The molecule has 1 heterocycles. The quantitative estimate of drug-likeness (QED) is 0.551. The lowest BCUT2D eigenvalue weighted by Gasteiger charge is -2.26. The van der Waals surface area contributed by atoms with Gasteiger partial charge >= 0.3 is 0 Å². The largest absolute Gasteiger partial charge is 0.493 e. The van der Waals surface area contributed by atoms with Crippen LogP contribution in [0.25, 0.3) is 0 Å². The first kappa shape index (κ1) is 19.3. The molecule has 5 heteroatoms. The molecule has 1 aromatic rings. The molecule has 0 saturated carbocycles. The topological polar surface area (TPSA) is 50.8 Å². The second-order valence-electron chi connectivity index (χ2n) is 6.60. The van der Waals surface area contributed by atoms with Crippen LogP contribution in [0.3, 0.4) is 0 Å². The Morgan fingerprint density at radius 3 is 2.68 bits per heavy atom. The molecule has 0 unspecified atom stereocenters. The standard InChI is InChI=1S/C20H30N2O3/c1-16(2)15-25-19-13-17(7-8-18(19)24-3)14-21-10-9-20(23)22-11-5-4-6-12-22/h7-8,13,21H,1,4-6,9-12,14-15H2,2-3H3. The summed E-state index contributed by atoms with van der Waals surface area (Å²) in [6.45, 7) is 9.46. The lowest BCUT2D eigenvalue weighted by Crippen LogP contribution is -2.37. The van der Waals surface area contributed by atoms with E-state index in [1.807, 2.05) is 30.0 Å². The summed E-state index contributed by atoms with van der Waals surface area (Å²) < 4.78 is 11.1. The van der Waals surface area contributed by atoms with Gasteiger partial charge in [-0.15, -0.1) is 0 Å². The second kappa shape index (κ2) is 10.1. The molecule has 1 saturated heterocycles. The first-order chi connectivity index (χ1) is 12.1. The van der Waals surface area contributed by atoms with E-state index in [0.717, 1.165) is 37.1 Å². The van der Waals surface area contributed by atoms with Crippen molar-refractivity contribution in [3.05, 3.63) is 35.9 Å². The van der Waals surface area contributed by atoms with Gasteiger partial charge in [-0.05, 0) is 49.5 Å². The number of hydrogen-bond donors (Lipinski definition) is 1. The lowest BCUT2D eigenvalue weighted by molar-refractivity contribution is -0.131. The van der Waals surface area contributed by atoms with Crippen molar-refractivity contribution in [1.82, 2.24) is 10.2 Å². The van der Waals surface area contributed by atoms with Gasteiger partial charge in [0.05, 0.1) is 7.11 Å². The average molecular weight is 346 g/mol. The van der Waals surface area contributed by atoms with Crippen molar-refractivity contribution >= 4 is 5.91 Å². The van der Waals surface area contributed by atoms with Gasteiger partial charge in [-0.3, -0.25) is 4.79 Å². The average Bonchev–Trinajstić information content (AvgIpc) is 2.64. The number of likely N-dealkylation sites (tertiary alicyclic amines) is 1. The predicted molar refractivity (Wildman–Crippen MR) is 100 cm³/mol. The normalized spacial score (nSPS) is 14.2. The molecule has 1 N–H and O–H groups in total. The number of methoxy groups -OCH3 is 1. The Morgan fingerprint density at radius 2 is 2.00 bits per heavy atom.